The van der Waals surface area contributed by atoms with E-state index in [1.54, 1.807) is 14.2 Å². The maximum atomic E-state index is 5.44. The number of likely N-dealkylation sites (N-methyl/N-ethyl adjacent to an activating group) is 1. The van der Waals surface area contributed by atoms with Crippen molar-refractivity contribution in [1.82, 2.24) is 24.9 Å². The average molecular weight is 415 g/mol. The lowest BCUT2D eigenvalue weighted by atomic mass is 9.98. The lowest BCUT2D eigenvalue weighted by molar-refractivity contribution is 0.295. The van der Waals surface area contributed by atoms with E-state index in [1.165, 1.54) is 11.1 Å². The molecule has 2 atom stereocenters. The summed E-state index contributed by atoms with van der Waals surface area (Å²) in [7, 11) is 11.3. The van der Waals surface area contributed by atoms with E-state index in [9.17, 15) is 0 Å². The number of nitrogens with zero attached hydrogens (tertiary/aromatic N) is 5. The monoisotopic (exact) mass is 414 g/mol. The van der Waals surface area contributed by atoms with E-state index in [0.29, 0.717) is 5.92 Å². The first-order chi connectivity index (χ1) is 14.4. The Hall–Kier alpha value is -2.74. The van der Waals surface area contributed by atoms with Crippen LogP contribution in [0, 0.1) is 0 Å². The molecule has 1 aromatic carbocycles. The molecule has 0 bridgehead atoms. The van der Waals surface area contributed by atoms with Gasteiger partial charge in [0.1, 0.15) is 11.5 Å². The van der Waals surface area contributed by atoms with Gasteiger partial charge in [-0.25, -0.2) is 0 Å². The Morgan fingerprint density at radius 2 is 1.97 bits per heavy atom. The van der Waals surface area contributed by atoms with Gasteiger partial charge in [-0.1, -0.05) is 0 Å². The number of guanidine groups is 1. The van der Waals surface area contributed by atoms with Gasteiger partial charge < -0.3 is 24.6 Å². The molecule has 1 fully saturated rings. The van der Waals surface area contributed by atoms with Crippen molar-refractivity contribution in [3.8, 4) is 11.5 Å². The van der Waals surface area contributed by atoms with Crippen molar-refractivity contribution < 1.29 is 9.47 Å². The molecule has 0 radical (unpaired) electrons. The number of nitrogens with one attached hydrogen (secondary N) is 1. The number of likely N-dealkylation sites (tertiary alicyclic amines) is 1. The highest BCUT2D eigenvalue weighted by atomic mass is 16.5. The van der Waals surface area contributed by atoms with Gasteiger partial charge in [-0.15, -0.1) is 0 Å². The molecule has 0 amide bonds. The number of rotatable bonds is 7. The van der Waals surface area contributed by atoms with Crippen molar-refractivity contribution in [1.29, 1.82) is 0 Å². The molecule has 0 saturated carbocycles. The Balaban J connectivity index is 1.66. The maximum Gasteiger partial charge on any atom is 0.193 e. The SMILES string of the molecule is CN=C(NCC(c1cnn(C)c1)N(C)C)N1CCC(c2cc(OC)cc(OC)c2)C1. The van der Waals surface area contributed by atoms with Crippen molar-refractivity contribution in [2.45, 2.75) is 18.4 Å². The van der Waals surface area contributed by atoms with Gasteiger partial charge in [0.15, 0.2) is 5.96 Å². The highest BCUT2D eigenvalue weighted by molar-refractivity contribution is 5.80. The second kappa shape index (κ2) is 9.84. The van der Waals surface area contributed by atoms with Gasteiger partial charge in [-0.05, 0) is 38.2 Å². The minimum absolute atomic E-state index is 0.219. The molecule has 1 N–H and O–H groups in total. The highest BCUT2D eigenvalue weighted by Gasteiger charge is 2.27. The van der Waals surface area contributed by atoms with Crippen LogP contribution in [-0.2, 0) is 7.05 Å². The minimum Gasteiger partial charge on any atom is -0.497 e. The predicted molar refractivity (Wildman–Crippen MR) is 119 cm³/mol. The van der Waals surface area contributed by atoms with Crippen molar-refractivity contribution in [2.24, 2.45) is 12.0 Å². The minimum atomic E-state index is 0.219. The van der Waals surface area contributed by atoms with Crippen molar-refractivity contribution >= 4 is 5.96 Å². The molecule has 1 saturated heterocycles. The maximum absolute atomic E-state index is 5.44. The summed E-state index contributed by atoms with van der Waals surface area (Å²) in [5.41, 5.74) is 2.43. The summed E-state index contributed by atoms with van der Waals surface area (Å²) in [5, 5.41) is 7.88. The van der Waals surface area contributed by atoms with Gasteiger partial charge in [-0.3, -0.25) is 9.67 Å². The average Bonchev–Trinajstić information content (AvgIpc) is 3.40. The molecule has 3 rings (SSSR count). The van der Waals surface area contributed by atoms with E-state index in [0.717, 1.165) is 43.5 Å². The predicted octanol–water partition coefficient (Wildman–Crippen LogP) is 2.10. The van der Waals surface area contributed by atoms with Gasteiger partial charge in [-0.2, -0.15) is 5.10 Å². The molecule has 8 nitrogen and oxygen atoms in total. The lowest BCUT2D eigenvalue weighted by Gasteiger charge is -2.27. The number of methoxy groups -OCH3 is 2. The molecule has 2 aromatic rings. The molecule has 2 heterocycles. The Labute approximate surface area is 179 Å². The molecule has 0 aliphatic carbocycles. The van der Waals surface area contributed by atoms with Gasteiger partial charge in [0.25, 0.3) is 0 Å². The van der Waals surface area contributed by atoms with Crippen LogP contribution < -0.4 is 14.8 Å². The molecule has 0 spiro atoms. The zero-order valence-corrected chi connectivity index (χ0v) is 18.9. The van der Waals surface area contributed by atoms with Crippen molar-refractivity contribution in [3.63, 3.8) is 0 Å². The van der Waals surface area contributed by atoms with Crippen molar-refractivity contribution in [3.05, 3.63) is 41.7 Å². The molecule has 2 unspecified atom stereocenters. The Kier molecular flexibility index (Phi) is 7.20. The molecular weight excluding hydrogens is 380 g/mol. The van der Waals surface area contributed by atoms with Gasteiger partial charge in [0.05, 0.1) is 26.5 Å². The van der Waals surface area contributed by atoms with Crippen LogP contribution in [0.1, 0.15) is 29.5 Å². The van der Waals surface area contributed by atoms with E-state index in [2.05, 4.69) is 57.6 Å². The summed E-state index contributed by atoms with van der Waals surface area (Å²) >= 11 is 0. The fraction of sp³-hybridized carbons (Fsp3) is 0.545. The van der Waals surface area contributed by atoms with E-state index in [4.69, 9.17) is 9.47 Å². The first-order valence-electron chi connectivity index (χ1n) is 10.3. The van der Waals surface area contributed by atoms with Crippen LogP contribution in [0.4, 0.5) is 0 Å². The zero-order valence-electron chi connectivity index (χ0n) is 18.9. The fourth-order valence-corrected chi connectivity index (χ4v) is 4.02. The number of aryl methyl sites for hydroxylation is 1. The van der Waals surface area contributed by atoms with Crippen LogP contribution in [0.25, 0.3) is 0 Å². The molecule has 8 heteroatoms. The van der Waals surface area contributed by atoms with Crippen LogP contribution in [0.5, 0.6) is 11.5 Å². The van der Waals surface area contributed by atoms with E-state index < -0.39 is 0 Å². The number of aliphatic imine (C=N–C) groups is 1. The van der Waals surface area contributed by atoms with Crippen LogP contribution in [0.2, 0.25) is 0 Å². The molecule has 1 aromatic heterocycles. The third-order valence-corrected chi connectivity index (χ3v) is 5.73. The van der Waals surface area contributed by atoms with Gasteiger partial charge >= 0.3 is 0 Å². The van der Waals surface area contributed by atoms with Crippen LogP contribution in [-0.4, -0.2) is 80.5 Å². The van der Waals surface area contributed by atoms with Crippen molar-refractivity contribution in [2.75, 3.05) is 55.0 Å². The summed E-state index contributed by atoms with van der Waals surface area (Å²) in [6.45, 7) is 2.64. The Morgan fingerprint density at radius 1 is 1.27 bits per heavy atom. The second-order valence-electron chi connectivity index (χ2n) is 7.93. The summed E-state index contributed by atoms with van der Waals surface area (Å²) in [6.07, 6.45) is 5.06. The zero-order chi connectivity index (χ0) is 21.7. The Morgan fingerprint density at radius 3 is 2.50 bits per heavy atom. The van der Waals surface area contributed by atoms with Crippen LogP contribution >= 0.6 is 0 Å². The number of hydrogen-bond acceptors (Lipinski definition) is 5. The molecule has 30 heavy (non-hydrogen) atoms. The highest BCUT2D eigenvalue weighted by Crippen LogP contribution is 2.33. The first kappa shape index (κ1) is 22.0. The third kappa shape index (κ3) is 5.05. The summed E-state index contributed by atoms with van der Waals surface area (Å²) in [6, 6.07) is 6.35. The van der Waals surface area contributed by atoms with Gasteiger partial charge in [0.2, 0.25) is 0 Å². The number of aromatic nitrogens is 2. The standard InChI is InChI=1S/C22H34N6O2/c1-23-22(24-13-21(26(2)3)18-12-25-27(4)14-18)28-8-7-16(15-28)17-9-19(29-5)11-20(10-17)30-6/h9-12,14,16,21H,7-8,13,15H2,1-6H3,(H,23,24). The molecular formula is C22H34N6O2. The van der Waals surface area contributed by atoms with Crippen LogP contribution in [0.3, 0.4) is 0 Å². The molecule has 164 valence electrons. The quantitative estimate of drug-likeness (QED) is 0.553. The lowest BCUT2D eigenvalue weighted by Crippen LogP contribution is -2.43. The normalized spacial score (nSPS) is 18.0. The summed E-state index contributed by atoms with van der Waals surface area (Å²) in [5.74, 6) is 3.00. The largest absolute Gasteiger partial charge is 0.497 e. The Bertz CT molecular complexity index is 841. The van der Waals surface area contributed by atoms with E-state index in [1.807, 2.05) is 31.0 Å². The second-order valence-corrected chi connectivity index (χ2v) is 7.93. The van der Waals surface area contributed by atoms with Crippen LogP contribution in [0.15, 0.2) is 35.6 Å². The molecule has 1 aliphatic rings. The first-order valence-corrected chi connectivity index (χ1v) is 10.3. The number of hydrogen-bond donors (Lipinski definition) is 1. The summed E-state index contributed by atoms with van der Waals surface area (Å²) < 4.78 is 12.7. The van der Waals surface area contributed by atoms with Gasteiger partial charge in [0, 0.05) is 57.5 Å². The smallest absolute Gasteiger partial charge is 0.193 e. The number of benzene rings is 1. The van der Waals surface area contributed by atoms with E-state index >= 15 is 0 Å². The number of ether oxygens (including phenoxy) is 2. The summed E-state index contributed by atoms with van der Waals surface area (Å²) in [4.78, 5) is 9.07. The van der Waals surface area contributed by atoms with E-state index in [-0.39, 0.29) is 6.04 Å². The fourth-order valence-electron chi connectivity index (χ4n) is 4.02. The third-order valence-electron chi connectivity index (χ3n) is 5.73. The molecule has 1 aliphatic heterocycles. The topological polar surface area (TPSA) is 67.2 Å².